The Labute approximate surface area is 96.7 Å². The Hall–Kier alpha value is -2.43. The van der Waals surface area contributed by atoms with Gasteiger partial charge in [0.15, 0.2) is 0 Å². The first-order valence-corrected chi connectivity index (χ1v) is 4.88. The molecule has 0 atom stereocenters. The van der Waals surface area contributed by atoms with Crippen molar-refractivity contribution in [2.75, 3.05) is 0 Å². The summed E-state index contributed by atoms with van der Waals surface area (Å²) in [5.41, 5.74) is 1.58. The molecule has 0 aliphatic heterocycles. The molecule has 0 radical (unpaired) electrons. The molecule has 0 unspecified atom stereocenters. The maximum atomic E-state index is 11.2. The number of carbonyl (C=O) groups is 2. The van der Waals surface area contributed by atoms with Crippen molar-refractivity contribution in [3.63, 3.8) is 0 Å². The minimum absolute atomic E-state index is 0.129. The second-order valence-electron chi connectivity index (χ2n) is 3.51. The molecule has 2 rings (SSSR count). The molecule has 2 aromatic rings. The van der Waals surface area contributed by atoms with Crippen LogP contribution in [0.5, 0.6) is 0 Å². The third-order valence-corrected chi connectivity index (χ3v) is 2.21. The minimum atomic E-state index is -1.47. The topological polar surface area (TPSA) is 80.4 Å². The van der Waals surface area contributed by atoms with Crippen LogP contribution in [0.4, 0.5) is 0 Å². The van der Waals surface area contributed by atoms with Crippen molar-refractivity contribution in [3.05, 3.63) is 41.8 Å². The second kappa shape index (κ2) is 4.21. The summed E-state index contributed by atoms with van der Waals surface area (Å²) in [4.78, 5) is 25.8. The Morgan fingerprint density at radius 1 is 1.24 bits per heavy atom. The third-order valence-electron chi connectivity index (χ3n) is 2.21. The van der Waals surface area contributed by atoms with Crippen LogP contribution in [-0.2, 0) is 4.79 Å². The number of ketones is 1. The number of aliphatic carboxylic acids is 1. The van der Waals surface area contributed by atoms with E-state index in [0.29, 0.717) is 11.5 Å². The van der Waals surface area contributed by atoms with Crippen LogP contribution in [0, 0.1) is 6.92 Å². The highest BCUT2D eigenvalue weighted by atomic mass is 16.4. The number of nitrogens with zero attached hydrogens (tertiary/aromatic N) is 1. The van der Waals surface area contributed by atoms with Gasteiger partial charge in [0.25, 0.3) is 5.78 Å². The number of carbonyl (C=O) groups excluding carboxylic acids is 1. The highest BCUT2D eigenvalue weighted by Gasteiger charge is 2.14. The average Bonchev–Trinajstić information content (AvgIpc) is 2.75. The van der Waals surface area contributed by atoms with E-state index in [1.54, 1.807) is 19.1 Å². The number of Topliss-reactive ketones (excluding diaryl/α,β-unsaturated/α-hetero) is 1. The van der Waals surface area contributed by atoms with Gasteiger partial charge in [0.2, 0.25) is 5.89 Å². The molecule has 0 saturated carbocycles. The molecule has 1 N–H and O–H groups in total. The highest BCUT2D eigenvalue weighted by Crippen LogP contribution is 2.19. The number of aromatic nitrogens is 1. The summed E-state index contributed by atoms with van der Waals surface area (Å²) in [5.74, 6) is -1.96. The summed E-state index contributed by atoms with van der Waals surface area (Å²) in [7, 11) is 0. The first kappa shape index (κ1) is 11.1. The van der Waals surface area contributed by atoms with Crippen LogP contribution < -0.4 is 0 Å². The maximum Gasteiger partial charge on any atom is 0.377 e. The van der Waals surface area contributed by atoms with Crippen molar-refractivity contribution >= 4 is 11.8 Å². The molecule has 0 aliphatic rings. The van der Waals surface area contributed by atoms with Crippen molar-refractivity contribution < 1.29 is 19.1 Å². The monoisotopic (exact) mass is 231 g/mol. The maximum absolute atomic E-state index is 11.2. The Kier molecular flexibility index (Phi) is 2.74. The molecule has 5 heteroatoms. The summed E-state index contributed by atoms with van der Waals surface area (Å²) >= 11 is 0. The minimum Gasteiger partial charge on any atom is -0.475 e. The van der Waals surface area contributed by atoms with Gasteiger partial charge < -0.3 is 9.52 Å². The van der Waals surface area contributed by atoms with Crippen molar-refractivity contribution in [2.24, 2.45) is 0 Å². The number of benzene rings is 1. The van der Waals surface area contributed by atoms with Crippen LogP contribution in [0.3, 0.4) is 0 Å². The Bertz CT molecular complexity index is 568. The van der Waals surface area contributed by atoms with Gasteiger partial charge in [-0.25, -0.2) is 9.78 Å². The van der Waals surface area contributed by atoms with E-state index < -0.39 is 11.8 Å². The molecule has 0 spiro atoms. The van der Waals surface area contributed by atoms with Gasteiger partial charge in [0, 0.05) is 11.1 Å². The molecule has 86 valence electrons. The Balaban J connectivity index is 2.30. The molecule has 5 nitrogen and oxygen atoms in total. The van der Waals surface area contributed by atoms with Crippen molar-refractivity contribution in [2.45, 2.75) is 6.92 Å². The fourth-order valence-electron chi connectivity index (χ4n) is 1.37. The van der Waals surface area contributed by atoms with Crippen LogP contribution >= 0.6 is 0 Å². The van der Waals surface area contributed by atoms with E-state index in [0.717, 1.165) is 5.69 Å². The van der Waals surface area contributed by atoms with E-state index in [9.17, 15) is 9.59 Å². The molecule has 0 aliphatic carbocycles. The second-order valence-corrected chi connectivity index (χ2v) is 3.51. The lowest BCUT2D eigenvalue weighted by Crippen LogP contribution is -2.12. The lowest BCUT2D eigenvalue weighted by molar-refractivity contribution is -0.131. The van der Waals surface area contributed by atoms with Gasteiger partial charge in [-0.05, 0) is 31.2 Å². The zero-order valence-corrected chi connectivity index (χ0v) is 9.01. The van der Waals surface area contributed by atoms with E-state index in [-0.39, 0.29) is 5.56 Å². The standard InChI is InChI=1S/C12H9NO4/c1-7-6-17-11(13-7)9-4-2-8(3-5-9)10(14)12(15)16/h2-6H,1H3,(H,15,16). The lowest BCUT2D eigenvalue weighted by Gasteiger charge is -1.97. The van der Waals surface area contributed by atoms with E-state index in [4.69, 9.17) is 9.52 Å². The van der Waals surface area contributed by atoms with Crippen LogP contribution in [0.25, 0.3) is 11.5 Å². The highest BCUT2D eigenvalue weighted by molar-refractivity contribution is 6.39. The Morgan fingerprint density at radius 2 is 1.88 bits per heavy atom. The van der Waals surface area contributed by atoms with Gasteiger partial charge in [-0.15, -0.1) is 0 Å². The molecule has 0 fully saturated rings. The normalized spacial score (nSPS) is 10.2. The van der Waals surface area contributed by atoms with Gasteiger partial charge in [-0.2, -0.15) is 0 Å². The molecule has 1 heterocycles. The number of aryl methyl sites for hydroxylation is 1. The molecular formula is C12H9NO4. The van der Waals surface area contributed by atoms with Crippen LogP contribution in [0.15, 0.2) is 34.9 Å². The first-order valence-electron chi connectivity index (χ1n) is 4.88. The predicted molar refractivity (Wildman–Crippen MR) is 58.6 cm³/mol. The van der Waals surface area contributed by atoms with Gasteiger partial charge >= 0.3 is 5.97 Å². The number of rotatable bonds is 3. The SMILES string of the molecule is Cc1coc(-c2ccc(C(=O)C(=O)O)cc2)n1. The smallest absolute Gasteiger partial charge is 0.377 e. The average molecular weight is 231 g/mol. The van der Waals surface area contributed by atoms with Crippen molar-refractivity contribution in [1.29, 1.82) is 0 Å². The van der Waals surface area contributed by atoms with E-state index >= 15 is 0 Å². The first-order chi connectivity index (χ1) is 8.08. The van der Waals surface area contributed by atoms with Gasteiger partial charge in [0.1, 0.15) is 6.26 Å². The zero-order valence-electron chi connectivity index (χ0n) is 9.01. The molecular weight excluding hydrogens is 222 g/mol. The summed E-state index contributed by atoms with van der Waals surface area (Å²) in [5, 5.41) is 8.54. The molecule has 0 amide bonds. The summed E-state index contributed by atoms with van der Waals surface area (Å²) in [6, 6.07) is 6.07. The van der Waals surface area contributed by atoms with Crippen molar-refractivity contribution in [1.82, 2.24) is 4.98 Å². The summed E-state index contributed by atoms with van der Waals surface area (Å²) in [6.07, 6.45) is 1.52. The molecule has 1 aromatic heterocycles. The van der Waals surface area contributed by atoms with Crippen LogP contribution in [0.2, 0.25) is 0 Å². The largest absolute Gasteiger partial charge is 0.475 e. The van der Waals surface area contributed by atoms with Gasteiger partial charge in [-0.1, -0.05) is 0 Å². The summed E-state index contributed by atoms with van der Waals surface area (Å²) < 4.78 is 5.19. The van der Waals surface area contributed by atoms with E-state index in [2.05, 4.69) is 4.98 Å². The fourth-order valence-corrected chi connectivity index (χ4v) is 1.37. The number of oxazole rings is 1. The van der Waals surface area contributed by atoms with Crippen molar-refractivity contribution in [3.8, 4) is 11.5 Å². The summed E-state index contributed by atoms with van der Waals surface area (Å²) in [6.45, 7) is 1.80. The zero-order chi connectivity index (χ0) is 12.4. The molecule has 0 bridgehead atoms. The van der Waals surface area contributed by atoms with E-state index in [1.807, 2.05) is 0 Å². The van der Waals surface area contributed by atoms with Crippen LogP contribution in [0.1, 0.15) is 16.1 Å². The Morgan fingerprint density at radius 3 is 2.35 bits per heavy atom. The number of hydrogen-bond acceptors (Lipinski definition) is 4. The van der Waals surface area contributed by atoms with Gasteiger partial charge in [-0.3, -0.25) is 4.79 Å². The number of carboxylic acids is 1. The van der Waals surface area contributed by atoms with Gasteiger partial charge in [0.05, 0.1) is 5.69 Å². The third kappa shape index (κ3) is 2.23. The number of hydrogen-bond donors (Lipinski definition) is 1. The molecule has 0 saturated heterocycles. The van der Waals surface area contributed by atoms with E-state index in [1.165, 1.54) is 18.4 Å². The fraction of sp³-hybridized carbons (Fsp3) is 0.0833. The number of carboxylic acid groups (broad SMARTS) is 1. The predicted octanol–water partition coefficient (Wildman–Crippen LogP) is 1.92. The van der Waals surface area contributed by atoms with Crippen LogP contribution in [-0.4, -0.2) is 21.8 Å². The quantitative estimate of drug-likeness (QED) is 0.644. The lowest BCUT2D eigenvalue weighted by atomic mass is 10.1. The molecule has 1 aromatic carbocycles. The molecule has 17 heavy (non-hydrogen) atoms.